The molecule has 2 aromatic rings. The lowest BCUT2D eigenvalue weighted by atomic mass is 9.71. The fourth-order valence-electron chi connectivity index (χ4n) is 2.94. The summed E-state index contributed by atoms with van der Waals surface area (Å²) in [5.41, 5.74) is 1.12. The molecular weight excluding hydrogens is 318 g/mol. The van der Waals surface area contributed by atoms with E-state index in [1.54, 1.807) is 0 Å². The molecule has 0 unspecified atom stereocenters. The first kappa shape index (κ1) is 15.8. The smallest absolute Gasteiger partial charge is 0.339 e. The van der Waals surface area contributed by atoms with Crippen LogP contribution in [0, 0.1) is 6.92 Å². The van der Waals surface area contributed by atoms with Gasteiger partial charge in [0.15, 0.2) is 0 Å². The summed E-state index contributed by atoms with van der Waals surface area (Å²) in [6.45, 7) is 1.94. The number of carboxylic acids is 1. The van der Waals surface area contributed by atoms with Gasteiger partial charge >= 0.3 is 5.97 Å². The highest BCUT2D eigenvalue weighted by Gasteiger charge is 2.43. The average molecular weight is 335 g/mol. The first-order valence-corrected chi connectivity index (χ1v) is 8.74. The third-order valence-electron chi connectivity index (χ3n) is 4.28. The minimum Gasteiger partial charge on any atom is -0.478 e. The van der Waals surface area contributed by atoms with E-state index in [1.165, 1.54) is 0 Å². The predicted molar refractivity (Wildman–Crippen MR) is 82.7 cm³/mol. The summed E-state index contributed by atoms with van der Waals surface area (Å²) in [6.07, 6.45) is 3.25. The van der Waals surface area contributed by atoms with E-state index in [-0.39, 0.29) is 10.7 Å². The van der Waals surface area contributed by atoms with Crippen LogP contribution in [0.3, 0.4) is 0 Å². The number of nitrogens with one attached hydrogen (secondary N) is 1. The minimum absolute atomic E-state index is 0.191. The molecule has 0 aliphatic heterocycles. The number of rotatable bonds is 5. The van der Waals surface area contributed by atoms with Crippen molar-refractivity contribution < 1.29 is 22.7 Å². The molecule has 1 aliphatic rings. The van der Waals surface area contributed by atoms with Crippen LogP contribution in [0.5, 0.6) is 0 Å². The Morgan fingerprint density at radius 2 is 2.00 bits per heavy atom. The normalized spacial score (nSPS) is 16.7. The van der Waals surface area contributed by atoms with Gasteiger partial charge in [-0.1, -0.05) is 24.3 Å². The highest BCUT2D eigenvalue weighted by molar-refractivity contribution is 7.89. The van der Waals surface area contributed by atoms with E-state index in [1.807, 2.05) is 31.2 Å². The zero-order valence-corrected chi connectivity index (χ0v) is 13.4. The second kappa shape index (κ2) is 5.50. The molecule has 0 atom stereocenters. The molecule has 23 heavy (non-hydrogen) atoms. The van der Waals surface area contributed by atoms with E-state index in [9.17, 15) is 13.2 Å². The second-order valence-corrected chi connectivity index (χ2v) is 7.43. The number of furan rings is 1. The molecule has 1 heterocycles. The van der Waals surface area contributed by atoms with Gasteiger partial charge in [-0.25, -0.2) is 13.2 Å². The number of carbonyl (C=O) groups is 1. The molecule has 6 nitrogen and oxygen atoms in total. The SMILES string of the molecule is Cc1ccccc1C1(NS(=O)(=O)c2cc(C(=O)O)co2)CCC1. The summed E-state index contributed by atoms with van der Waals surface area (Å²) in [7, 11) is -3.94. The Hall–Kier alpha value is -2.12. The van der Waals surface area contributed by atoms with E-state index in [0.717, 1.165) is 29.9 Å². The van der Waals surface area contributed by atoms with Gasteiger partial charge in [-0.3, -0.25) is 0 Å². The van der Waals surface area contributed by atoms with Crippen LogP contribution in [-0.4, -0.2) is 19.5 Å². The Labute approximate surface area is 134 Å². The van der Waals surface area contributed by atoms with Crippen molar-refractivity contribution in [3.63, 3.8) is 0 Å². The van der Waals surface area contributed by atoms with E-state index in [0.29, 0.717) is 12.8 Å². The van der Waals surface area contributed by atoms with Crippen LogP contribution in [-0.2, 0) is 15.6 Å². The summed E-state index contributed by atoms with van der Waals surface area (Å²) in [6, 6.07) is 8.67. The fourth-order valence-corrected chi connectivity index (χ4v) is 4.33. The standard InChI is InChI=1S/C16H17NO5S/c1-11-5-2-3-6-13(11)16(7-4-8-16)17-23(20,21)14-9-12(10-22-14)15(18)19/h2-3,5-6,9-10,17H,4,7-8H2,1H3,(H,18,19). The minimum atomic E-state index is -3.94. The fraction of sp³-hybridized carbons (Fsp3) is 0.312. The number of aryl methyl sites for hydroxylation is 1. The van der Waals surface area contributed by atoms with Gasteiger partial charge in [0, 0.05) is 6.07 Å². The Kier molecular flexibility index (Phi) is 3.77. The van der Waals surface area contributed by atoms with Gasteiger partial charge < -0.3 is 9.52 Å². The van der Waals surface area contributed by atoms with Gasteiger partial charge in [0.1, 0.15) is 6.26 Å². The Balaban J connectivity index is 1.95. The van der Waals surface area contributed by atoms with Gasteiger partial charge in [-0.2, -0.15) is 4.72 Å². The lowest BCUT2D eigenvalue weighted by Crippen LogP contribution is -2.50. The Bertz CT molecular complexity index is 849. The molecule has 0 radical (unpaired) electrons. The molecule has 1 aromatic heterocycles. The molecule has 0 spiro atoms. The molecule has 3 rings (SSSR count). The molecule has 1 aliphatic carbocycles. The van der Waals surface area contributed by atoms with Crippen molar-refractivity contribution in [2.24, 2.45) is 0 Å². The van der Waals surface area contributed by atoms with Crippen molar-refractivity contribution >= 4 is 16.0 Å². The predicted octanol–water partition coefficient (Wildman–Crippen LogP) is 2.64. The van der Waals surface area contributed by atoms with Gasteiger partial charge in [0.25, 0.3) is 10.0 Å². The molecule has 2 N–H and O–H groups in total. The Morgan fingerprint density at radius 3 is 2.52 bits per heavy atom. The molecule has 0 bridgehead atoms. The van der Waals surface area contributed by atoms with Crippen molar-refractivity contribution in [2.75, 3.05) is 0 Å². The van der Waals surface area contributed by atoms with Crippen LogP contribution >= 0.6 is 0 Å². The zero-order valence-electron chi connectivity index (χ0n) is 12.6. The summed E-state index contributed by atoms with van der Waals surface area (Å²) in [5, 5.41) is 8.51. The average Bonchev–Trinajstić information content (AvgIpc) is 2.95. The third kappa shape index (κ3) is 2.77. The van der Waals surface area contributed by atoms with Crippen LogP contribution in [0.1, 0.15) is 40.7 Å². The van der Waals surface area contributed by atoms with Crippen molar-refractivity contribution in [3.05, 3.63) is 53.3 Å². The summed E-state index contributed by atoms with van der Waals surface area (Å²) < 4.78 is 32.8. The van der Waals surface area contributed by atoms with Crippen LogP contribution < -0.4 is 4.72 Å². The van der Waals surface area contributed by atoms with Crippen LogP contribution in [0.15, 0.2) is 46.1 Å². The van der Waals surface area contributed by atoms with Crippen molar-refractivity contribution in [1.82, 2.24) is 4.72 Å². The molecular formula is C16H17NO5S. The number of sulfonamides is 1. The molecule has 0 amide bonds. The van der Waals surface area contributed by atoms with Crippen molar-refractivity contribution in [1.29, 1.82) is 0 Å². The number of aromatic carboxylic acids is 1. The largest absolute Gasteiger partial charge is 0.478 e. The second-order valence-electron chi connectivity index (χ2n) is 5.82. The molecule has 7 heteroatoms. The zero-order chi connectivity index (χ0) is 16.7. The maximum absolute atomic E-state index is 12.6. The number of hydrogen-bond donors (Lipinski definition) is 2. The monoisotopic (exact) mass is 335 g/mol. The summed E-state index contributed by atoms with van der Waals surface area (Å²) in [5.74, 6) is -1.23. The van der Waals surface area contributed by atoms with Gasteiger partial charge in [-0.05, 0) is 37.3 Å². The van der Waals surface area contributed by atoms with E-state index in [2.05, 4.69) is 4.72 Å². The number of hydrogen-bond acceptors (Lipinski definition) is 4. The topological polar surface area (TPSA) is 96.6 Å². The third-order valence-corrected chi connectivity index (χ3v) is 5.69. The quantitative estimate of drug-likeness (QED) is 0.875. The summed E-state index contributed by atoms with van der Waals surface area (Å²) in [4.78, 5) is 10.9. The number of benzene rings is 1. The molecule has 122 valence electrons. The van der Waals surface area contributed by atoms with Crippen molar-refractivity contribution in [3.8, 4) is 0 Å². The highest BCUT2D eigenvalue weighted by Crippen LogP contribution is 2.43. The maximum Gasteiger partial charge on any atom is 0.339 e. The molecule has 0 saturated heterocycles. The molecule has 1 aromatic carbocycles. The lowest BCUT2D eigenvalue weighted by molar-refractivity contribution is 0.0696. The highest BCUT2D eigenvalue weighted by atomic mass is 32.2. The van der Waals surface area contributed by atoms with E-state index < -0.39 is 21.5 Å². The van der Waals surface area contributed by atoms with Crippen LogP contribution in [0.4, 0.5) is 0 Å². The lowest BCUT2D eigenvalue weighted by Gasteiger charge is -2.43. The maximum atomic E-state index is 12.6. The summed E-state index contributed by atoms with van der Waals surface area (Å²) >= 11 is 0. The molecule has 1 fully saturated rings. The first-order valence-electron chi connectivity index (χ1n) is 7.26. The van der Waals surface area contributed by atoms with Gasteiger partial charge in [0.05, 0.1) is 11.1 Å². The van der Waals surface area contributed by atoms with Gasteiger partial charge in [0.2, 0.25) is 5.09 Å². The first-order chi connectivity index (χ1) is 10.8. The number of carboxylic acid groups (broad SMARTS) is 1. The van der Waals surface area contributed by atoms with Crippen LogP contribution in [0.25, 0.3) is 0 Å². The van der Waals surface area contributed by atoms with Gasteiger partial charge in [-0.15, -0.1) is 0 Å². The Morgan fingerprint density at radius 1 is 1.30 bits per heavy atom. The van der Waals surface area contributed by atoms with E-state index in [4.69, 9.17) is 9.52 Å². The van der Waals surface area contributed by atoms with Crippen molar-refractivity contribution in [2.45, 2.75) is 36.8 Å². The molecule has 1 saturated carbocycles. The van der Waals surface area contributed by atoms with Crippen LogP contribution in [0.2, 0.25) is 0 Å². The van der Waals surface area contributed by atoms with E-state index >= 15 is 0 Å².